The molecule has 1 rings (SSSR count). The molecular weight excluding hydrogens is 258 g/mol. The summed E-state index contributed by atoms with van der Waals surface area (Å²) in [5.41, 5.74) is 5.10. The maximum atomic E-state index is 11.8. The third kappa shape index (κ3) is 3.97. The SMILES string of the molecule is CC(C)(CN)C(=O)Nc1cccc([N+](=O)[O-])c1.Cl. The fourth-order valence-corrected chi connectivity index (χ4v) is 1.09. The van der Waals surface area contributed by atoms with Crippen LogP contribution >= 0.6 is 12.4 Å². The number of rotatable bonds is 4. The van der Waals surface area contributed by atoms with Crippen molar-refractivity contribution in [3.05, 3.63) is 34.4 Å². The van der Waals surface area contributed by atoms with Gasteiger partial charge in [-0.3, -0.25) is 14.9 Å². The number of carbonyl (C=O) groups is 1. The van der Waals surface area contributed by atoms with E-state index in [4.69, 9.17) is 5.73 Å². The zero-order chi connectivity index (χ0) is 13.1. The van der Waals surface area contributed by atoms with Crippen LogP contribution < -0.4 is 11.1 Å². The maximum absolute atomic E-state index is 11.8. The molecule has 0 aliphatic carbocycles. The first-order chi connectivity index (χ1) is 7.86. The van der Waals surface area contributed by atoms with Crippen molar-refractivity contribution in [2.24, 2.45) is 11.1 Å². The second-order valence-corrected chi connectivity index (χ2v) is 4.35. The Labute approximate surface area is 111 Å². The highest BCUT2D eigenvalue weighted by Crippen LogP contribution is 2.20. The number of benzene rings is 1. The van der Waals surface area contributed by atoms with Gasteiger partial charge in [-0.25, -0.2) is 0 Å². The number of nitro groups is 1. The number of anilines is 1. The van der Waals surface area contributed by atoms with Crippen molar-refractivity contribution < 1.29 is 9.72 Å². The first-order valence-corrected chi connectivity index (χ1v) is 5.13. The quantitative estimate of drug-likeness (QED) is 0.647. The molecule has 6 nitrogen and oxygen atoms in total. The second kappa shape index (κ2) is 6.32. The Balaban J connectivity index is 0.00000289. The van der Waals surface area contributed by atoms with E-state index in [-0.39, 0.29) is 30.5 Å². The monoisotopic (exact) mass is 273 g/mol. The maximum Gasteiger partial charge on any atom is 0.271 e. The molecule has 0 heterocycles. The molecule has 0 aliphatic heterocycles. The Kier molecular flexibility index (Phi) is 5.74. The van der Waals surface area contributed by atoms with Crippen LogP contribution in [-0.2, 0) is 4.79 Å². The van der Waals surface area contributed by atoms with Gasteiger partial charge >= 0.3 is 0 Å². The molecule has 0 unspecified atom stereocenters. The number of non-ortho nitro benzene ring substituents is 1. The number of carbonyl (C=O) groups excluding carboxylic acids is 1. The lowest BCUT2D eigenvalue weighted by molar-refractivity contribution is -0.384. The van der Waals surface area contributed by atoms with Gasteiger partial charge in [0.2, 0.25) is 5.91 Å². The lowest BCUT2D eigenvalue weighted by Gasteiger charge is -2.21. The highest BCUT2D eigenvalue weighted by molar-refractivity contribution is 5.95. The van der Waals surface area contributed by atoms with Gasteiger partial charge in [0.05, 0.1) is 10.3 Å². The van der Waals surface area contributed by atoms with Gasteiger partial charge in [-0.15, -0.1) is 12.4 Å². The first-order valence-electron chi connectivity index (χ1n) is 5.13. The topological polar surface area (TPSA) is 98.3 Å². The van der Waals surface area contributed by atoms with Crippen LogP contribution in [0.3, 0.4) is 0 Å². The summed E-state index contributed by atoms with van der Waals surface area (Å²) >= 11 is 0. The van der Waals surface area contributed by atoms with Crippen molar-refractivity contribution in [3.8, 4) is 0 Å². The molecular formula is C11H16ClN3O3. The van der Waals surface area contributed by atoms with E-state index in [0.29, 0.717) is 5.69 Å². The zero-order valence-corrected chi connectivity index (χ0v) is 11.0. The highest BCUT2D eigenvalue weighted by Gasteiger charge is 2.25. The van der Waals surface area contributed by atoms with Crippen LogP contribution in [0.1, 0.15) is 13.8 Å². The van der Waals surface area contributed by atoms with Crippen molar-refractivity contribution in [2.45, 2.75) is 13.8 Å². The molecule has 100 valence electrons. The minimum Gasteiger partial charge on any atom is -0.329 e. The summed E-state index contributed by atoms with van der Waals surface area (Å²) in [5, 5.41) is 13.2. The van der Waals surface area contributed by atoms with E-state index in [0.717, 1.165) is 0 Å². The van der Waals surface area contributed by atoms with Crippen molar-refractivity contribution in [3.63, 3.8) is 0 Å². The summed E-state index contributed by atoms with van der Waals surface area (Å²) in [5.74, 6) is -0.263. The fourth-order valence-electron chi connectivity index (χ4n) is 1.09. The number of hydrogen-bond acceptors (Lipinski definition) is 4. The Morgan fingerprint density at radius 2 is 2.11 bits per heavy atom. The molecule has 0 saturated carbocycles. The van der Waals surface area contributed by atoms with Gasteiger partial charge in [-0.1, -0.05) is 6.07 Å². The molecule has 3 N–H and O–H groups in total. The summed E-state index contributed by atoms with van der Waals surface area (Å²) in [6.07, 6.45) is 0. The molecule has 0 fully saturated rings. The van der Waals surface area contributed by atoms with E-state index in [9.17, 15) is 14.9 Å². The highest BCUT2D eigenvalue weighted by atomic mass is 35.5. The van der Waals surface area contributed by atoms with E-state index in [2.05, 4.69) is 5.32 Å². The molecule has 7 heteroatoms. The summed E-state index contributed by atoms with van der Waals surface area (Å²) in [4.78, 5) is 21.8. The number of nitrogens with one attached hydrogen (secondary N) is 1. The molecule has 18 heavy (non-hydrogen) atoms. The predicted octanol–water partition coefficient (Wildman–Crippen LogP) is 1.94. The Morgan fingerprint density at radius 1 is 1.50 bits per heavy atom. The van der Waals surface area contributed by atoms with Gasteiger partial charge in [-0.2, -0.15) is 0 Å². The van der Waals surface area contributed by atoms with Gasteiger partial charge in [0.15, 0.2) is 0 Å². The summed E-state index contributed by atoms with van der Waals surface area (Å²) in [6.45, 7) is 3.62. The summed E-state index contributed by atoms with van der Waals surface area (Å²) in [7, 11) is 0. The number of halogens is 1. The lowest BCUT2D eigenvalue weighted by atomic mass is 9.92. The molecule has 0 radical (unpaired) electrons. The molecule has 0 aromatic heterocycles. The van der Waals surface area contributed by atoms with Crippen LogP contribution in [0.25, 0.3) is 0 Å². The van der Waals surface area contributed by atoms with Crippen LogP contribution in [0.5, 0.6) is 0 Å². The Bertz CT molecular complexity index is 449. The molecule has 0 bridgehead atoms. The van der Waals surface area contributed by atoms with E-state index in [1.165, 1.54) is 18.2 Å². The molecule has 1 aromatic rings. The fraction of sp³-hybridized carbons (Fsp3) is 0.364. The van der Waals surface area contributed by atoms with Crippen LogP contribution in [0.15, 0.2) is 24.3 Å². The number of amides is 1. The second-order valence-electron chi connectivity index (χ2n) is 4.35. The average molecular weight is 274 g/mol. The minimum absolute atomic E-state index is 0. The van der Waals surface area contributed by atoms with E-state index in [1.807, 2.05) is 0 Å². The molecule has 0 saturated heterocycles. The summed E-state index contributed by atoms with van der Waals surface area (Å²) in [6, 6.07) is 5.79. The lowest BCUT2D eigenvalue weighted by Crippen LogP contribution is -2.37. The van der Waals surface area contributed by atoms with Crippen molar-refractivity contribution in [2.75, 3.05) is 11.9 Å². The van der Waals surface area contributed by atoms with E-state index >= 15 is 0 Å². The predicted molar refractivity (Wildman–Crippen MR) is 71.8 cm³/mol. The Morgan fingerprint density at radius 3 is 2.61 bits per heavy atom. The van der Waals surface area contributed by atoms with Gasteiger partial charge < -0.3 is 11.1 Å². The van der Waals surface area contributed by atoms with Crippen molar-refractivity contribution in [1.82, 2.24) is 0 Å². The van der Waals surface area contributed by atoms with Gasteiger partial charge in [0.1, 0.15) is 0 Å². The van der Waals surface area contributed by atoms with Crippen LogP contribution in [0.2, 0.25) is 0 Å². The zero-order valence-electron chi connectivity index (χ0n) is 10.2. The number of nitrogens with two attached hydrogens (primary N) is 1. The number of hydrogen-bond donors (Lipinski definition) is 2. The number of nitro benzene ring substituents is 1. The largest absolute Gasteiger partial charge is 0.329 e. The molecule has 0 atom stereocenters. The average Bonchev–Trinajstić information content (AvgIpc) is 2.29. The van der Waals surface area contributed by atoms with Gasteiger partial charge in [-0.05, 0) is 19.9 Å². The minimum atomic E-state index is -0.704. The van der Waals surface area contributed by atoms with Crippen LogP contribution in [0.4, 0.5) is 11.4 Å². The molecule has 0 spiro atoms. The standard InChI is InChI=1S/C11H15N3O3.ClH/c1-11(2,7-12)10(15)13-8-4-3-5-9(6-8)14(16)17;/h3-6H,7,12H2,1-2H3,(H,13,15);1H. The van der Waals surface area contributed by atoms with Crippen LogP contribution in [-0.4, -0.2) is 17.4 Å². The third-order valence-electron chi connectivity index (χ3n) is 2.44. The smallest absolute Gasteiger partial charge is 0.271 e. The normalized spacial score (nSPS) is 10.4. The Hall–Kier alpha value is -1.66. The van der Waals surface area contributed by atoms with E-state index < -0.39 is 10.3 Å². The summed E-state index contributed by atoms with van der Waals surface area (Å²) < 4.78 is 0. The van der Waals surface area contributed by atoms with E-state index in [1.54, 1.807) is 19.9 Å². The molecule has 1 amide bonds. The van der Waals surface area contributed by atoms with Gasteiger partial charge in [0, 0.05) is 24.4 Å². The third-order valence-corrected chi connectivity index (χ3v) is 2.44. The molecule has 0 aliphatic rings. The van der Waals surface area contributed by atoms with Crippen molar-refractivity contribution in [1.29, 1.82) is 0 Å². The number of nitrogens with zero attached hydrogens (tertiary/aromatic N) is 1. The van der Waals surface area contributed by atoms with Gasteiger partial charge in [0.25, 0.3) is 5.69 Å². The van der Waals surface area contributed by atoms with Crippen molar-refractivity contribution >= 4 is 29.7 Å². The molecule has 1 aromatic carbocycles. The van der Waals surface area contributed by atoms with Crippen LogP contribution in [0, 0.1) is 15.5 Å². The first kappa shape index (κ1) is 16.3.